The molecule has 0 nitrogen and oxygen atoms in total. The SMILES string of the molecule is [H-].[Li+].b1ccccc1-c1ccccc1. The topological polar surface area (TPSA) is 0 Å². The molecule has 0 unspecified atom stereocenters. The van der Waals surface area contributed by atoms with E-state index in [4.69, 9.17) is 0 Å². The molecule has 1 aromatic carbocycles. The van der Waals surface area contributed by atoms with E-state index in [2.05, 4.69) is 49.3 Å². The van der Waals surface area contributed by atoms with Crippen LogP contribution in [0.3, 0.4) is 0 Å². The van der Waals surface area contributed by atoms with Gasteiger partial charge >= 0.3 is 91.3 Å². The minimum atomic E-state index is 0. The molecule has 0 spiro atoms. The van der Waals surface area contributed by atoms with E-state index < -0.39 is 0 Å². The van der Waals surface area contributed by atoms with Gasteiger partial charge in [0.2, 0.25) is 0 Å². The average molecular weight is 160 g/mol. The first-order valence-corrected chi connectivity index (χ1v) is 4.07. The van der Waals surface area contributed by atoms with Crippen molar-refractivity contribution in [2.45, 2.75) is 0 Å². The van der Waals surface area contributed by atoms with Crippen molar-refractivity contribution in [2.75, 3.05) is 0 Å². The van der Waals surface area contributed by atoms with Gasteiger partial charge in [0.1, 0.15) is 0 Å². The molecule has 0 bridgehead atoms. The molecule has 13 heavy (non-hydrogen) atoms. The van der Waals surface area contributed by atoms with Gasteiger partial charge in [-0.1, -0.05) is 0 Å². The molecule has 0 N–H and O–H groups in total. The zero-order valence-electron chi connectivity index (χ0n) is 8.77. The van der Waals surface area contributed by atoms with Crippen LogP contribution in [0.25, 0.3) is 11.0 Å². The van der Waals surface area contributed by atoms with Crippen molar-refractivity contribution in [3.8, 4) is 11.0 Å². The van der Waals surface area contributed by atoms with Crippen molar-refractivity contribution in [2.24, 2.45) is 0 Å². The fourth-order valence-electron chi connectivity index (χ4n) is 1.26. The van der Waals surface area contributed by atoms with Crippen molar-refractivity contribution in [1.29, 1.82) is 0 Å². The molecule has 0 saturated carbocycles. The first-order chi connectivity index (χ1) is 5.97. The Morgan fingerprint density at radius 3 is 2.15 bits per heavy atom. The molecule has 0 saturated heterocycles. The van der Waals surface area contributed by atoms with Gasteiger partial charge in [-0.05, 0) is 0 Å². The zero-order chi connectivity index (χ0) is 8.23. The minimum absolute atomic E-state index is 0. The van der Waals surface area contributed by atoms with Crippen LogP contribution in [0.15, 0.2) is 54.5 Å². The van der Waals surface area contributed by atoms with E-state index in [-0.39, 0.29) is 20.3 Å². The van der Waals surface area contributed by atoms with Crippen molar-refractivity contribution in [3.05, 3.63) is 54.5 Å². The van der Waals surface area contributed by atoms with Crippen molar-refractivity contribution in [3.63, 3.8) is 0 Å². The maximum atomic E-state index is 2.12. The van der Waals surface area contributed by atoms with Gasteiger partial charge in [-0.15, -0.1) is 0 Å². The standard InChI is InChI=1S/C11H9B.Li.H/c1-2-6-10(7-3-1)11-8-4-5-9-12-11;;/h1-9H;;/q;+1;-1. The number of rotatable bonds is 1. The number of hydrogen-bond donors (Lipinski definition) is 0. The molecule has 0 atom stereocenters. The van der Waals surface area contributed by atoms with Crippen LogP contribution in [-0.4, -0.2) is 6.91 Å². The monoisotopic (exact) mass is 160 g/mol. The summed E-state index contributed by atoms with van der Waals surface area (Å²) in [5.74, 6) is 2.06. The van der Waals surface area contributed by atoms with Crippen molar-refractivity contribution in [1.82, 2.24) is 0 Å². The normalized spacial score (nSPS) is 8.62. The summed E-state index contributed by atoms with van der Waals surface area (Å²) in [5.41, 5.74) is 2.55. The second-order valence-corrected chi connectivity index (χ2v) is 2.73. The molecule has 2 aromatic rings. The second-order valence-electron chi connectivity index (χ2n) is 2.73. The van der Waals surface area contributed by atoms with Crippen LogP contribution in [0.4, 0.5) is 0 Å². The third-order valence-corrected chi connectivity index (χ3v) is 1.88. The summed E-state index contributed by atoms with van der Waals surface area (Å²) in [7, 11) is 0. The average Bonchev–Trinajstić information content (AvgIpc) is 2.21. The Kier molecular flexibility index (Phi) is 4.02. The van der Waals surface area contributed by atoms with Crippen molar-refractivity contribution < 1.29 is 20.3 Å². The van der Waals surface area contributed by atoms with Gasteiger partial charge in [-0.2, -0.15) is 0 Å². The summed E-state index contributed by atoms with van der Waals surface area (Å²) in [6, 6.07) is 16.6. The van der Waals surface area contributed by atoms with Gasteiger partial charge in [0, 0.05) is 0 Å². The number of benzene rings is 1. The van der Waals surface area contributed by atoms with Crippen LogP contribution >= 0.6 is 0 Å². The van der Waals surface area contributed by atoms with Crippen LogP contribution < -0.4 is 18.9 Å². The summed E-state index contributed by atoms with van der Waals surface area (Å²) in [6.45, 7) is 2.12. The molecule has 0 fully saturated rings. The van der Waals surface area contributed by atoms with Gasteiger partial charge < -0.3 is 1.43 Å². The molecule has 0 aliphatic rings. The van der Waals surface area contributed by atoms with E-state index in [1.165, 1.54) is 11.0 Å². The van der Waals surface area contributed by atoms with Gasteiger partial charge in [0.15, 0.2) is 0 Å². The van der Waals surface area contributed by atoms with E-state index in [1.54, 1.807) is 0 Å². The summed E-state index contributed by atoms with van der Waals surface area (Å²) in [5, 5.41) is 0. The van der Waals surface area contributed by atoms with Crippen LogP contribution in [0.2, 0.25) is 0 Å². The van der Waals surface area contributed by atoms with E-state index in [1.807, 2.05) is 12.1 Å². The van der Waals surface area contributed by atoms with Crippen molar-refractivity contribution >= 4 is 6.91 Å². The van der Waals surface area contributed by atoms with Crippen LogP contribution in [0, 0.1) is 0 Å². The molecule has 0 radical (unpaired) electrons. The third-order valence-electron chi connectivity index (χ3n) is 1.88. The second kappa shape index (κ2) is 5.07. The quantitative estimate of drug-likeness (QED) is 0.507. The molecule has 1 heterocycles. The Morgan fingerprint density at radius 2 is 1.54 bits per heavy atom. The van der Waals surface area contributed by atoms with Crippen LogP contribution in [-0.2, 0) is 0 Å². The molecule has 2 heteroatoms. The summed E-state index contributed by atoms with van der Waals surface area (Å²) in [6.07, 6.45) is 0. The van der Waals surface area contributed by atoms with Gasteiger partial charge in [-0.3, -0.25) is 0 Å². The van der Waals surface area contributed by atoms with Gasteiger partial charge in [-0.25, -0.2) is 0 Å². The molecule has 58 valence electrons. The maximum absolute atomic E-state index is 2.12. The molecule has 1 aromatic heterocycles. The summed E-state index contributed by atoms with van der Waals surface area (Å²) in [4.78, 5) is 0. The van der Waals surface area contributed by atoms with E-state index in [0.717, 1.165) is 0 Å². The predicted molar refractivity (Wildman–Crippen MR) is 54.3 cm³/mol. The summed E-state index contributed by atoms with van der Waals surface area (Å²) < 4.78 is 0. The third kappa shape index (κ3) is 2.59. The van der Waals surface area contributed by atoms with Crippen LogP contribution in [0.5, 0.6) is 0 Å². The Balaban J connectivity index is 0.000000845. The van der Waals surface area contributed by atoms with E-state index in [0.29, 0.717) is 0 Å². The Bertz CT molecular complexity index is 313. The summed E-state index contributed by atoms with van der Waals surface area (Å²) >= 11 is 0. The Labute approximate surface area is 92.9 Å². The molecule has 2 rings (SSSR count). The number of hydrogen-bond acceptors (Lipinski definition) is 0. The molecular formula is C11H10BLi. The predicted octanol–water partition coefficient (Wildman–Crippen LogP) is -0.192. The fraction of sp³-hybridized carbons (Fsp3) is 0. The van der Waals surface area contributed by atoms with E-state index in [9.17, 15) is 0 Å². The molecular weight excluding hydrogens is 150 g/mol. The molecule has 0 aliphatic carbocycles. The Morgan fingerprint density at radius 1 is 0.846 bits per heavy atom. The first kappa shape index (κ1) is 10.3. The fourth-order valence-corrected chi connectivity index (χ4v) is 1.26. The van der Waals surface area contributed by atoms with E-state index >= 15 is 0 Å². The zero-order valence-corrected chi connectivity index (χ0v) is 7.77. The van der Waals surface area contributed by atoms with Crippen LogP contribution in [0.1, 0.15) is 1.43 Å². The Hall–Kier alpha value is -0.768. The van der Waals surface area contributed by atoms with Gasteiger partial charge in [0.05, 0.1) is 0 Å². The molecule has 0 amide bonds. The van der Waals surface area contributed by atoms with Gasteiger partial charge in [0.25, 0.3) is 0 Å². The molecule has 0 aliphatic heterocycles. The first-order valence-electron chi connectivity index (χ1n) is 4.07.